The number of nitrogens with zero attached hydrogens (tertiary/aromatic N) is 2. The van der Waals surface area contributed by atoms with Gasteiger partial charge in [-0.1, -0.05) is 26.2 Å². The summed E-state index contributed by atoms with van der Waals surface area (Å²) >= 11 is 0. The monoisotopic (exact) mass is 406 g/mol. The van der Waals surface area contributed by atoms with Gasteiger partial charge >= 0.3 is 5.97 Å². The number of carbonyl (C=O) groups is 2. The number of carboxylic acid groups (broad SMARTS) is 1. The van der Waals surface area contributed by atoms with E-state index in [-0.39, 0.29) is 25.0 Å². The summed E-state index contributed by atoms with van der Waals surface area (Å²) in [5.74, 6) is -0.692. The number of unbranched alkanes of at least 4 members (excludes halogenated alkanes) is 2. The van der Waals surface area contributed by atoms with Gasteiger partial charge in [-0.05, 0) is 18.6 Å². The van der Waals surface area contributed by atoms with Gasteiger partial charge in [0.1, 0.15) is 19.1 Å². The molecule has 158 valence electrons. The second kappa shape index (κ2) is 9.73. The minimum absolute atomic E-state index is 0.0748. The minimum atomic E-state index is -1.14. The molecule has 1 aliphatic rings. The Balaban J connectivity index is 1.56. The second-order valence-corrected chi connectivity index (χ2v) is 6.96. The first-order chi connectivity index (χ1) is 14.0. The van der Waals surface area contributed by atoms with Crippen molar-refractivity contribution < 1.29 is 33.4 Å². The lowest BCUT2D eigenvalue weighted by atomic mass is 10.1. The molecule has 1 amide bonds. The minimum Gasteiger partial charge on any atom is -0.475 e. The molecule has 9 heteroatoms. The van der Waals surface area contributed by atoms with Gasteiger partial charge in [0, 0.05) is 24.6 Å². The Labute approximate surface area is 168 Å². The van der Waals surface area contributed by atoms with Crippen LogP contribution in [0.1, 0.15) is 67.0 Å². The first kappa shape index (κ1) is 21.1. The van der Waals surface area contributed by atoms with E-state index >= 15 is 0 Å². The third kappa shape index (κ3) is 5.26. The van der Waals surface area contributed by atoms with E-state index in [2.05, 4.69) is 6.92 Å². The smallest absolute Gasteiger partial charge is 0.371 e. The van der Waals surface area contributed by atoms with Gasteiger partial charge in [0.15, 0.2) is 0 Å². The average molecular weight is 406 g/mol. The highest BCUT2D eigenvalue weighted by molar-refractivity contribution is 5.93. The largest absolute Gasteiger partial charge is 0.475 e. The Morgan fingerprint density at radius 1 is 1.34 bits per heavy atom. The summed E-state index contributed by atoms with van der Waals surface area (Å²) in [5, 5.41) is 22.3. The number of hydrazine groups is 1. The summed E-state index contributed by atoms with van der Waals surface area (Å²) in [7, 11) is 0. The van der Waals surface area contributed by atoms with Crippen molar-refractivity contribution in [2.45, 2.75) is 51.7 Å². The van der Waals surface area contributed by atoms with Crippen LogP contribution in [-0.4, -0.2) is 40.4 Å². The molecule has 0 aliphatic carbocycles. The van der Waals surface area contributed by atoms with Gasteiger partial charge in [0.05, 0.1) is 12.4 Å². The number of carboxylic acids is 1. The van der Waals surface area contributed by atoms with E-state index in [1.807, 2.05) is 0 Å². The summed E-state index contributed by atoms with van der Waals surface area (Å²) in [6.45, 7) is 2.75. The lowest BCUT2D eigenvalue weighted by Gasteiger charge is -2.24. The zero-order chi connectivity index (χ0) is 20.8. The molecule has 1 fully saturated rings. The molecule has 2 N–H and O–H groups in total. The molecule has 0 bridgehead atoms. The molecule has 2 aromatic rings. The summed E-state index contributed by atoms with van der Waals surface area (Å²) in [6.07, 6.45) is 4.89. The van der Waals surface area contributed by atoms with Crippen molar-refractivity contribution in [3.05, 3.63) is 41.5 Å². The Morgan fingerprint density at radius 2 is 2.17 bits per heavy atom. The van der Waals surface area contributed by atoms with Gasteiger partial charge < -0.3 is 23.8 Å². The van der Waals surface area contributed by atoms with E-state index in [1.54, 1.807) is 11.1 Å². The molecule has 3 heterocycles. The van der Waals surface area contributed by atoms with E-state index in [4.69, 9.17) is 18.7 Å². The first-order valence-electron chi connectivity index (χ1n) is 9.73. The predicted octanol–water partition coefficient (Wildman–Crippen LogP) is 3.31. The Morgan fingerprint density at radius 3 is 2.90 bits per heavy atom. The molecule has 1 saturated heterocycles. The molecule has 0 spiro atoms. The van der Waals surface area contributed by atoms with Crippen molar-refractivity contribution in [1.29, 1.82) is 0 Å². The van der Waals surface area contributed by atoms with Gasteiger partial charge in [-0.25, -0.2) is 9.80 Å². The molecule has 0 radical (unpaired) electrons. The fraction of sp³-hybridized carbons (Fsp3) is 0.500. The quantitative estimate of drug-likeness (QED) is 0.546. The first-order valence-corrected chi connectivity index (χ1v) is 9.73. The maximum Gasteiger partial charge on any atom is 0.371 e. The molecule has 2 aromatic heterocycles. The van der Waals surface area contributed by atoms with Gasteiger partial charge in [0.25, 0.3) is 0 Å². The summed E-state index contributed by atoms with van der Waals surface area (Å²) < 4.78 is 16.2. The van der Waals surface area contributed by atoms with Crippen molar-refractivity contribution in [2.24, 2.45) is 0 Å². The third-order valence-corrected chi connectivity index (χ3v) is 4.74. The third-order valence-electron chi connectivity index (χ3n) is 4.74. The number of hydrogen-bond acceptors (Lipinski definition) is 7. The molecule has 0 aromatic carbocycles. The lowest BCUT2D eigenvalue weighted by molar-refractivity contribution is -0.119. The van der Waals surface area contributed by atoms with E-state index in [0.717, 1.165) is 19.3 Å². The average Bonchev–Trinajstić information content (AvgIpc) is 3.42. The van der Waals surface area contributed by atoms with Crippen molar-refractivity contribution in [3.63, 3.8) is 0 Å². The van der Waals surface area contributed by atoms with Crippen LogP contribution in [-0.2, 0) is 16.1 Å². The maximum absolute atomic E-state index is 12.3. The number of carbonyl (C=O) groups excluding carboxylic acids is 1. The Kier molecular flexibility index (Phi) is 7.08. The van der Waals surface area contributed by atoms with E-state index in [9.17, 15) is 14.7 Å². The molecule has 1 atom stereocenters. The summed E-state index contributed by atoms with van der Waals surface area (Å²) in [4.78, 5) is 23.2. The van der Waals surface area contributed by atoms with E-state index in [0.29, 0.717) is 36.6 Å². The fourth-order valence-electron chi connectivity index (χ4n) is 3.17. The summed E-state index contributed by atoms with van der Waals surface area (Å²) in [5.41, 5.74) is 0.647. The van der Waals surface area contributed by atoms with Crippen molar-refractivity contribution in [2.75, 3.05) is 18.3 Å². The summed E-state index contributed by atoms with van der Waals surface area (Å²) in [6, 6.07) is 4.58. The molecule has 1 unspecified atom stereocenters. The van der Waals surface area contributed by atoms with Crippen LogP contribution in [0, 0.1) is 0 Å². The number of amides is 1. The van der Waals surface area contributed by atoms with Gasteiger partial charge in [-0.2, -0.15) is 5.01 Å². The van der Waals surface area contributed by atoms with Crippen molar-refractivity contribution in [3.8, 4) is 0 Å². The standard InChI is InChI=1S/C20H26N2O7/c1-2-3-4-5-16(23)14-10-19(28-11-14)22-18(24)8-9-21(22)13-27-12-15-6-7-17(29-15)20(25)26/h6-7,10-11,16,23H,2-5,8-9,12-13H2,1H3,(H,25,26). The molecular formula is C20H26N2O7. The zero-order valence-corrected chi connectivity index (χ0v) is 16.4. The van der Waals surface area contributed by atoms with Crippen LogP contribution < -0.4 is 5.01 Å². The number of ether oxygens (including phenoxy) is 1. The Bertz CT molecular complexity index is 828. The van der Waals surface area contributed by atoms with E-state index < -0.39 is 12.1 Å². The van der Waals surface area contributed by atoms with Crippen LogP contribution in [0.2, 0.25) is 0 Å². The van der Waals surface area contributed by atoms with Crippen molar-refractivity contribution >= 4 is 17.8 Å². The topological polar surface area (TPSA) is 117 Å². The molecular weight excluding hydrogens is 380 g/mol. The highest BCUT2D eigenvalue weighted by Crippen LogP contribution is 2.29. The van der Waals surface area contributed by atoms with Crippen LogP contribution in [0.5, 0.6) is 0 Å². The van der Waals surface area contributed by atoms with Gasteiger partial charge in [0.2, 0.25) is 17.6 Å². The number of rotatable bonds is 11. The highest BCUT2D eigenvalue weighted by atomic mass is 16.5. The van der Waals surface area contributed by atoms with Crippen molar-refractivity contribution in [1.82, 2.24) is 5.01 Å². The number of aliphatic hydroxyl groups is 1. The normalized spacial score (nSPS) is 15.9. The van der Waals surface area contributed by atoms with Gasteiger partial charge in [-0.3, -0.25) is 4.79 Å². The lowest BCUT2D eigenvalue weighted by Crippen LogP contribution is -2.40. The maximum atomic E-state index is 12.3. The second-order valence-electron chi connectivity index (χ2n) is 6.96. The predicted molar refractivity (Wildman–Crippen MR) is 102 cm³/mol. The SMILES string of the molecule is CCCCCC(O)c1coc(N2C(=O)CCN2COCc2ccc(C(=O)O)o2)c1. The molecule has 0 saturated carbocycles. The number of hydrogen-bond donors (Lipinski definition) is 2. The number of furan rings is 2. The molecule has 3 rings (SSSR count). The molecule has 9 nitrogen and oxygen atoms in total. The van der Waals surface area contributed by atoms with Gasteiger partial charge in [-0.15, -0.1) is 0 Å². The Hall–Kier alpha value is -2.62. The molecule has 29 heavy (non-hydrogen) atoms. The van der Waals surface area contributed by atoms with Crippen LogP contribution >= 0.6 is 0 Å². The van der Waals surface area contributed by atoms with Crippen LogP contribution in [0.25, 0.3) is 0 Å². The zero-order valence-electron chi connectivity index (χ0n) is 16.4. The highest BCUT2D eigenvalue weighted by Gasteiger charge is 2.33. The van der Waals surface area contributed by atoms with Crippen LogP contribution in [0.15, 0.2) is 33.3 Å². The fourth-order valence-corrected chi connectivity index (χ4v) is 3.17. The number of aromatic carboxylic acids is 1. The van der Waals surface area contributed by atoms with Crippen LogP contribution in [0.4, 0.5) is 5.88 Å². The number of anilines is 1. The molecule has 1 aliphatic heterocycles. The van der Waals surface area contributed by atoms with E-state index in [1.165, 1.54) is 23.4 Å². The van der Waals surface area contributed by atoms with Crippen LogP contribution in [0.3, 0.4) is 0 Å². The number of aliphatic hydroxyl groups excluding tert-OH is 1.